The van der Waals surface area contributed by atoms with Crippen LogP contribution in [-0.4, -0.2) is 80.4 Å². The Labute approximate surface area is 127 Å². The first kappa shape index (κ1) is 16.7. The molecule has 0 aromatic heterocycles. The van der Waals surface area contributed by atoms with Crippen molar-refractivity contribution in [1.82, 2.24) is 9.80 Å². The van der Waals surface area contributed by atoms with Gasteiger partial charge in [-0.25, -0.2) is 0 Å². The van der Waals surface area contributed by atoms with Gasteiger partial charge in [-0.05, 0) is 32.4 Å². The van der Waals surface area contributed by atoms with Crippen LogP contribution in [0.5, 0.6) is 0 Å². The zero-order valence-corrected chi connectivity index (χ0v) is 13.1. The summed E-state index contributed by atoms with van der Waals surface area (Å²) in [6.45, 7) is 8.36. The lowest BCUT2D eigenvalue weighted by Gasteiger charge is -2.37. The second-order valence-electron chi connectivity index (χ2n) is 5.79. The summed E-state index contributed by atoms with van der Waals surface area (Å²) in [6, 6.07) is 0. The van der Waals surface area contributed by atoms with E-state index in [-0.39, 0.29) is 18.1 Å². The maximum atomic E-state index is 12.5. The minimum Gasteiger partial charge on any atom is -0.378 e. The molecular formula is C15H29N3O3. The van der Waals surface area contributed by atoms with Crippen molar-refractivity contribution < 1.29 is 14.3 Å². The van der Waals surface area contributed by atoms with Gasteiger partial charge in [0.05, 0.1) is 12.7 Å². The van der Waals surface area contributed by atoms with Crippen LogP contribution in [0.25, 0.3) is 0 Å². The highest BCUT2D eigenvalue weighted by molar-refractivity contribution is 5.81. The molecule has 2 saturated heterocycles. The lowest BCUT2D eigenvalue weighted by Crippen LogP contribution is -2.52. The number of likely N-dealkylation sites (tertiary alicyclic amines) is 1. The third-order valence-electron chi connectivity index (χ3n) is 4.33. The summed E-state index contributed by atoms with van der Waals surface area (Å²) in [5.41, 5.74) is 5.46. The van der Waals surface area contributed by atoms with Crippen LogP contribution in [0.1, 0.15) is 26.2 Å². The molecule has 6 nitrogen and oxygen atoms in total. The minimum atomic E-state index is -0.284. The summed E-state index contributed by atoms with van der Waals surface area (Å²) < 4.78 is 11.4. The van der Waals surface area contributed by atoms with Crippen molar-refractivity contribution in [2.24, 2.45) is 5.73 Å². The number of likely N-dealkylation sites (N-methyl/N-ethyl adjacent to an activating group) is 1. The molecule has 2 heterocycles. The lowest BCUT2D eigenvalue weighted by molar-refractivity contribution is -0.151. The molecule has 1 amide bonds. The van der Waals surface area contributed by atoms with Crippen molar-refractivity contribution in [2.45, 2.75) is 38.4 Å². The molecule has 2 rings (SSSR count). The summed E-state index contributed by atoms with van der Waals surface area (Å²) in [6.07, 6.45) is 2.73. The third-order valence-corrected chi connectivity index (χ3v) is 4.33. The molecule has 2 fully saturated rings. The molecule has 21 heavy (non-hydrogen) atoms. The van der Waals surface area contributed by atoms with Gasteiger partial charge in [0.25, 0.3) is 5.91 Å². The summed E-state index contributed by atoms with van der Waals surface area (Å²) >= 11 is 0. The van der Waals surface area contributed by atoms with Gasteiger partial charge in [0.15, 0.2) is 0 Å². The number of hydrogen-bond acceptors (Lipinski definition) is 5. The fourth-order valence-electron chi connectivity index (χ4n) is 2.92. The molecule has 0 saturated carbocycles. The lowest BCUT2D eigenvalue weighted by atomic mass is 10.1. The number of carbonyl (C=O) groups is 1. The predicted molar refractivity (Wildman–Crippen MR) is 81.1 cm³/mol. The van der Waals surface area contributed by atoms with Gasteiger partial charge >= 0.3 is 0 Å². The van der Waals surface area contributed by atoms with Crippen molar-refractivity contribution in [1.29, 1.82) is 0 Å². The van der Waals surface area contributed by atoms with Gasteiger partial charge in [-0.3, -0.25) is 9.69 Å². The van der Waals surface area contributed by atoms with Crippen LogP contribution in [-0.2, 0) is 14.3 Å². The number of nitrogens with zero attached hydrogens (tertiary/aromatic N) is 2. The van der Waals surface area contributed by atoms with E-state index in [0.717, 1.165) is 58.6 Å². The first-order chi connectivity index (χ1) is 10.2. The summed E-state index contributed by atoms with van der Waals surface area (Å²) in [5.74, 6) is 0.147. The van der Waals surface area contributed by atoms with E-state index >= 15 is 0 Å². The average Bonchev–Trinajstić information content (AvgIpc) is 2.55. The van der Waals surface area contributed by atoms with E-state index in [9.17, 15) is 4.79 Å². The maximum Gasteiger partial charge on any atom is 0.253 e. The fourth-order valence-corrected chi connectivity index (χ4v) is 2.92. The molecule has 0 bridgehead atoms. The van der Waals surface area contributed by atoms with E-state index in [1.54, 1.807) is 0 Å². The van der Waals surface area contributed by atoms with Crippen LogP contribution in [0.4, 0.5) is 0 Å². The first-order valence-corrected chi connectivity index (χ1v) is 8.19. The summed E-state index contributed by atoms with van der Waals surface area (Å²) in [4.78, 5) is 16.7. The number of amides is 1. The summed E-state index contributed by atoms with van der Waals surface area (Å²) in [7, 11) is 0. The molecule has 1 unspecified atom stereocenters. The smallest absolute Gasteiger partial charge is 0.253 e. The monoisotopic (exact) mass is 299 g/mol. The van der Waals surface area contributed by atoms with Gasteiger partial charge in [-0.2, -0.15) is 0 Å². The van der Waals surface area contributed by atoms with Gasteiger partial charge in [0.1, 0.15) is 6.10 Å². The first-order valence-electron chi connectivity index (χ1n) is 8.19. The van der Waals surface area contributed by atoms with Gasteiger partial charge in [-0.15, -0.1) is 0 Å². The number of nitrogens with two attached hydrogens (primary N) is 1. The van der Waals surface area contributed by atoms with Crippen molar-refractivity contribution in [3.05, 3.63) is 0 Å². The molecule has 0 spiro atoms. The molecular weight excluding hydrogens is 270 g/mol. The molecule has 1 atom stereocenters. The van der Waals surface area contributed by atoms with E-state index in [0.29, 0.717) is 13.2 Å². The van der Waals surface area contributed by atoms with Crippen LogP contribution in [0.2, 0.25) is 0 Å². The molecule has 0 radical (unpaired) electrons. The number of rotatable bonds is 6. The van der Waals surface area contributed by atoms with Crippen molar-refractivity contribution in [2.75, 3.05) is 52.5 Å². The summed E-state index contributed by atoms with van der Waals surface area (Å²) in [5, 5.41) is 0. The van der Waals surface area contributed by atoms with Crippen LogP contribution < -0.4 is 5.73 Å². The van der Waals surface area contributed by atoms with Crippen LogP contribution in [0.3, 0.4) is 0 Å². The molecule has 2 N–H and O–H groups in total. The quantitative estimate of drug-likeness (QED) is 0.703. The fraction of sp³-hybridized carbons (Fsp3) is 0.933. The minimum absolute atomic E-state index is 0.147. The second-order valence-corrected chi connectivity index (χ2v) is 5.79. The second kappa shape index (κ2) is 8.68. The number of morpholine rings is 1. The molecule has 6 heteroatoms. The molecule has 0 aliphatic carbocycles. The van der Waals surface area contributed by atoms with Crippen molar-refractivity contribution >= 4 is 5.91 Å². The Morgan fingerprint density at radius 3 is 2.76 bits per heavy atom. The third kappa shape index (κ3) is 4.92. The number of carbonyl (C=O) groups excluding carboxylic acids is 1. The Bertz CT molecular complexity index is 319. The van der Waals surface area contributed by atoms with Gasteiger partial charge < -0.3 is 20.1 Å². The largest absolute Gasteiger partial charge is 0.378 e. The Morgan fingerprint density at radius 1 is 1.33 bits per heavy atom. The maximum absolute atomic E-state index is 12.5. The highest BCUT2D eigenvalue weighted by Gasteiger charge is 2.31. The zero-order valence-electron chi connectivity index (χ0n) is 13.1. The molecule has 0 aromatic carbocycles. The van der Waals surface area contributed by atoms with Crippen LogP contribution in [0.15, 0.2) is 0 Å². The van der Waals surface area contributed by atoms with Crippen LogP contribution in [0, 0.1) is 0 Å². The number of ether oxygens (including phenoxy) is 2. The Hall–Kier alpha value is -0.690. The molecule has 2 aliphatic heterocycles. The van der Waals surface area contributed by atoms with Crippen LogP contribution >= 0.6 is 0 Å². The van der Waals surface area contributed by atoms with Gasteiger partial charge in [0.2, 0.25) is 0 Å². The highest BCUT2D eigenvalue weighted by atomic mass is 16.5. The Kier molecular flexibility index (Phi) is 6.89. The van der Waals surface area contributed by atoms with Gasteiger partial charge in [-0.1, -0.05) is 6.92 Å². The number of piperidine rings is 1. The van der Waals surface area contributed by atoms with E-state index in [2.05, 4.69) is 11.8 Å². The van der Waals surface area contributed by atoms with E-state index < -0.39 is 0 Å². The Balaban J connectivity index is 1.72. The topological polar surface area (TPSA) is 68.0 Å². The van der Waals surface area contributed by atoms with Crippen molar-refractivity contribution in [3.63, 3.8) is 0 Å². The van der Waals surface area contributed by atoms with E-state index in [1.165, 1.54) is 0 Å². The standard InChI is InChI=1S/C15H29N3O3/c1-2-17-9-11-21-14(12-17)15(19)18-7-4-13(5-8-18)20-10-3-6-16/h13-14H,2-12,16H2,1H3. The molecule has 2 aliphatic rings. The van der Waals surface area contributed by atoms with Gasteiger partial charge in [0, 0.05) is 32.8 Å². The SMILES string of the molecule is CCN1CCOC(C(=O)N2CCC(OCCCN)CC2)C1. The predicted octanol–water partition coefficient (Wildman–Crippen LogP) is 0.0635. The van der Waals surface area contributed by atoms with E-state index in [4.69, 9.17) is 15.2 Å². The normalized spacial score (nSPS) is 25.2. The van der Waals surface area contributed by atoms with Crippen molar-refractivity contribution in [3.8, 4) is 0 Å². The highest BCUT2D eigenvalue weighted by Crippen LogP contribution is 2.17. The molecule has 122 valence electrons. The average molecular weight is 299 g/mol. The molecule has 0 aromatic rings. The Morgan fingerprint density at radius 2 is 2.10 bits per heavy atom. The number of hydrogen-bond donors (Lipinski definition) is 1. The zero-order chi connectivity index (χ0) is 15.1. The van der Waals surface area contributed by atoms with E-state index in [1.807, 2.05) is 4.90 Å².